The second kappa shape index (κ2) is 6.01. The fourth-order valence-electron chi connectivity index (χ4n) is 2.20. The third kappa shape index (κ3) is 3.11. The maximum atomic E-state index is 10.3. The van der Waals surface area contributed by atoms with E-state index in [2.05, 4.69) is 15.9 Å². The van der Waals surface area contributed by atoms with Crippen LogP contribution >= 0.6 is 39.1 Å². The third-order valence-electron chi connectivity index (χ3n) is 3.26. The molecular formula is C16H11BrCl2O2. The summed E-state index contributed by atoms with van der Waals surface area (Å²) in [5.74, 6) is 0.531. The highest BCUT2D eigenvalue weighted by Crippen LogP contribution is 2.31. The Morgan fingerprint density at radius 3 is 2.62 bits per heavy atom. The maximum Gasteiger partial charge on any atom is 0.148 e. The van der Waals surface area contributed by atoms with Crippen LogP contribution in [0.5, 0.6) is 0 Å². The van der Waals surface area contributed by atoms with Crippen molar-refractivity contribution < 1.29 is 9.52 Å². The van der Waals surface area contributed by atoms with Gasteiger partial charge < -0.3 is 9.52 Å². The average molecular weight is 386 g/mol. The molecule has 0 amide bonds. The quantitative estimate of drug-likeness (QED) is 0.619. The van der Waals surface area contributed by atoms with Gasteiger partial charge in [0, 0.05) is 11.8 Å². The first-order valence-electron chi connectivity index (χ1n) is 6.34. The van der Waals surface area contributed by atoms with Crippen molar-refractivity contribution in [3.63, 3.8) is 0 Å². The minimum absolute atomic E-state index is 0.411. The zero-order valence-corrected chi connectivity index (χ0v) is 13.9. The number of aliphatic hydroxyl groups is 1. The lowest BCUT2D eigenvalue weighted by atomic mass is 10.1. The number of para-hydroxylation sites is 1. The Morgan fingerprint density at radius 2 is 1.90 bits per heavy atom. The molecule has 0 fully saturated rings. The lowest BCUT2D eigenvalue weighted by Crippen LogP contribution is -2.00. The molecule has 1 N–H and O–H groups in total. The standard InChI is InChI=1S/C16H11BrCl2O2/c17-11-3-1-2-10-8-15(21-16(10)11)14(20)7-9-4-5-12(18)13(19)6-9/h1-6,8,14,20H,7H2. The highest BCUT2D eigenvalue weighted by atomic mass is 79.9. The summed E-state index contributed by atoms with van der Waals surface area (Å²) in [7, 11) is 0. The van der Waals surface area contributed by atoms with Gasteiger partial charge in [-0.3, -0.25) is 0 Å². The molecule has 1 unspecified atom stereocenters. The minimum atomic E-state index is -0.735. The number of hydrogen-bond acceptors (Lipinski definition) is 2. The Balaban J connectivity index is 1.87. The molecule has 21 heavy (non-hydrogen) atoms. The van der Waals surface area contributed by atoms with Gasteiger partial charge in [-0.15, -0.1) is 0 Å². The molecule has 0 saturated heterocycles. The number of hydrogen-bond donors (Lipinski definition) is 1. The molecule has 0 bridgehead atoms. The van der Waals surface area contributed by atoms with Crippen LogP contribution in [0.3, 0.4) is 0 Å². The molecule has 5 heteroatoms. The molecule has 1 aromatic heterocycles. The molecule has 3 rings (SSSR count). The van der Waals surface area contributed by atoms with E-state index in [4.69, 9.17) is 27.6 Å². The number of furan rings is 1. The molecule has 2 aromatic carbocycles. The Labute approximate surface area is 140 Å². The number of rotatable bonds is 3. The molecule has 2 nitrogen and oxygen atoms in total. The average Bonchev–Trinajstić information content (AvgIpc) is 2.89. The lowest BCUT2D eigenvalue weighted by molar-refractivity contribution is 0.152. The van der Waals surface area contributed by atoms with Gasteiger partial charge in [0.1, 0.15) is 17.4 Å². The van der Waals surface area contributed by atoms with Crippen LogP contribution in [-0.2, 0) is 6.42 Å². The van der Waals surface area contributed by atoms with Crippen LogP contribution in [0.4, 0.5) is 0 Å². The molecule has 3 aromatic rings. The van der Waals surface area contributed by atoms with Crippen molar-refractivity contribution in [3.8, 4) is 0 Å². The van der Waals surface area contributed by atoms with Crippen molar-refractivity contribution in [3.05, 3.63) is 68.3 Å². The summed E-state index contributed by atoms with van der Waals surface area (Å²) in [6, 6.07) is 12.9. The van der Waals surface area contributed by atoms with Gasteiger partial charge in [-0.25, -0.2) is 0 Å². The molecule has 108 valence electrons. The zero-order chi connectivity index (χ0) is 15.0. The number of fused-ring (bicyclic) bond motifs is 1. The van der Waals surface area contributed by atoms with E-state index in [1.54, 1.807) is 12.1 Å². The van der Waals surface area contributed by atoms with E-state index in [0.29, 0.717) is 22.2 Å². The highest BCUT2D eigenvalue weighted by molar-refractivity contribution is 9.10. The van der Waals surface area contributed by atoms with E-state index >= 15 is 0 Å². The summed E-state index contributed by atoms with van der Waals surface area (Å²) < 4.78 is 6.60. The van der Waals surface area contributed by atoms with Crippen LogP contribution in [0, 0.1) is 0 Å². The van der Waals surface area contributed by atoms with Crippen molar-refractivity contribution >= 4 is 50.1 Å². The van der Waals surface area contributed by atoms with Gasteiger partial charge >= 0.3 is 0 Å². The van der Waals surface area contributed by atoms with Gasteiger partial charge in [-0.05, 0) is 45.8 Å². The smallest absolute Gasteiger partial charge is 0.148 e. The normalized spacial score (nSPS) is 12.8. The first kappa shape index (κ1) is 14.9. The molecule has 0 aliphatic carbocycles. The zero-order valence-electron chi connectivity index (χ0n) is 10.8. The molecule has 0 saturated carbocycles. The lowest BCUT2D eigenvalue weighted by Gasteiger charge is -2.08. The summed E-state index contributed by atoms with van der Waals surface area (Å²) in [5, 5.41) is 12.3. The van der Waals surface area contributed by atoms with Crippen molar-refractivity contribution in [2.75, 3.05) is 0 Å². The largest absolute Gasteiger partial charge is 0.457 e. The van der Waals surface area contributed by atoms with Crippen LogP contribution in [-0.4, -0.2) is 5.11 Å². The number of aliphatic hydroxyl groups excluding tert-OH is 1. The Kier molecular flexibility index (Phi) is 4.27. The Hall–Kier alpha value is -1.00. The fraction of sp³-hybridized carbons (Fsp3) is 0.125. The maximum absolute atomic E-state index is 10.3. The second-order valence-corrected chi connectivity index (χ2v) is 6.44. The van der Waals surface area contributed by atoms with Crippen molar-refractivity contribution in [1.29, 1.82) is 0 Å². The molecule has 0 radical (unpaired) electrons. The van der Waals surface area contributed by atoms with E-state index in [-0.39, 0.29) is 0 Å². The van der Waals surface area contributed by atoms with E-state index in [0.717, 1.165) is 21.0 Å². The minimum Gasteiger partial charge on any atom is -0.457 e. The number of halogens is 3. The summed E-state index contributed by atoms with van der Waals surface area (Å²) in [5.41, 5.74) is 1.64. The number of benzene rings is 2. The van der Waals surface area contributed by atoms with E-state index in [1.165, 1.54) is 0 Å². The summed E-state index contributed by atoms with van der Waals surface area (Å²) in [6.07, 6.45) is -0.324. The van der Waals surface area contributed by atoms with Crippen molar-refractivity contribution in [1.82, 2.24) is 0 Å². The van der Waals surface area contributed by atoms with Crippen LogP contribution < -0.4 is 0 Å². The molecule has 0 aliphatic heterocycles. The van der Waals surface area contributed by atoms with Crippen molar-refractivity contribution in [2.45, 2.75) is 12.5 Å². The SMILES string of the molecule is OC(Cc1ccc(Cl)c(Cl)c1)c1cc2cccc(Br)c2o1. The molecule has 1 heterocycles. The van der Waals surface area contributed by atoms with Gasteiger partial charge in [0.2, 0.25) is 0 Å². The second-order valence-electron chi connectivity index (χ2n) is 4.78. The first-order chi connectivity index (χ1) is 10.0. The van der Waals surface area contributed by atoms with E-state index < -0.39 is 6.10 Å². The predicted octanol–water partition coefficient (Wildman–Crippen LogP) is 5.78. The molecule has 0 spiro atoms. The fourth-order valence-corrected chi connectivity index (χ4v) is 2.99. The van der Waals surface area contributed by atoms with Crippen LogP contribution in [0.2, 0.25) is 10.0 Å². The van der Waals surface area contributed by atoms with Crippen LogP contribution in [0.1, 0.15) is 17.4 Å². The first-order valence-corrected chi connectivity index (χ1v) is 7.89. The van der Waals surface area contributed by atoms with E-state index in [1.807, 2.05) is 30.3 Å². The van der Waals surface area contributed by atoms with Gasteiger partial charge in [-0.1, -0.05) is 41.4 Å². The third-order valence-corrected chi connectivity index (χ3v) is 4.62. The molecular weight excluding hydrogens is 375 g/mol. The van der Waals surface area contributed by atoms with E-state index in [9.17, 15) is 5.11 Å². The van der Waals surface area contributed by atoms with Gasteiger partial charge in [0.05, 0.1) is 14.5 Å². The molecule has 0 aliphatic rings. The summed E-state index contributed by atoms with van der Waals surface area (Å²) in [4.78, 5) is 0. The summed E-state index contributed by atoms with van der Waals surface area (Å²) >= 11 is 15.3. The monoisotopic (exact) mass is 384 g/mol. The topological polar surface area (TPSA) is 33.4 Å². The van der Waals surface area contributed by atoms with Crippen molar-refractivity contribution in [2.24, 2.45) is 0 Å². The van der Waals surface area contributed by atoms with Crippen LogP contribution in [0.15, 0.2) is 51.4 Å². The predicted molar refractivity (Wildman–Crippen MR) is 89.0 cm³/mol. The Bertz CT molecular complexity index is 798. The highest BCUT2D eigenvalue weighted by Gasteiger charge is 2.15. The molecule has 1 atom stereocenters. The van der Waals surface area contributed by atoms with Gasteiger partial charge in [0.15, 0.2) is 0 Å². The van der Waals surface area contributed by atoms with Gasteiger partial charge in [-0.2, -0.15) is 0 Å². The Morgan fingerprint density at radius 1 is 1.10 bits per heavy atom. The summed E-state index contributed by atoms with van der Waals surface area (Å²) in [6.45, 7) is 0. The van der Waals surface area contributed by atoms with Gasteiger partial charge in [0.25, 0.3) is 0 Å². The van der Waals surface area contributed by atoms with Crippen LogP contribution in [0.25, 0.3) is 11.0 Å².